The van der Waals surface area contributed by atoms with Crippen LogP contribution in [0.1, 0.15) is 33.0 Å². The minimum absolute atomic E-state index is 0.215. The highest BCUT2D eigenvalue weighted by Crippen LogP contribution is 2.24. The summed E-state index contributed by atoms with van der Waals surface area (Å²) >= 11 is 6.08. The third kappa shape index (κ3) is 4.14. The van der Waals surface area contributed by atoms with Crippen molar-refractivity contribution in [2.24, 2.45) is 0 Å². The molecule has 0 aliphatic heterocycles. The Morgan fingerprint density at radius 1 is 1.10 bits per heavy atom. The van der Waals surface area contributed by atoms with Gasteiger partial charge in [0.05, 0.1) is 23.6 Å². The van der Waals surface area contributed by atoms with Crippen LogP contribution in [-0.2, 0) is 6.54 Å². The van der Waals surface area contributed by atoms with Gasteiger partial charge < -0.3 is 9.84 Å². The molecule has 1 N–H and O–H groups in total. The highest BCUT2D eigenvalue weighted by molar-refractivity contribution is 6.30. The molecule has 6 nitrogen and oxygen atoms in total. The third-order valence-electron chi connectivity index (χ3n) is 4.92. The Balaban J connectivity index is 1.52. The maximum atomic E-state index is 12.7. The zero-order chi connectivity index (χ0) is 21.3. The second-order valence-electron chi connectivity index (χ2n) is 7.23. The van der Waals surface area contributed by atoms with Gasteiger partial charge in [0, 0.05) is 16.7 Å². The molecule has 0 fully saturated rings. The summed E-state index contributed by atoms with van der Waals surface area (Å²) < 4.78 is 7.21. The van der Waals surface area contributed by atoms with Crippen molar-refractivity contribution < 1.29 is 9.32 Å². The summed E-state index contributed by atoms with van der Waals surface area (Å²) in [6.07, 6.45) is 0. The number of halogens is 1. The molecular weight excluding hydrogens is 400 g/mol. The van der Waals surface area contributed by atoms with Gasteiger partial charge in [0.25, 0.3) is 5.91 Å². The minimum Gasteiger partial charge on any atom is -0.355 e. The number of nitrogens with one attached hydrogen (secondary N) is 1. The summed E-state index contributed by atoms with van der Waals surface area (Å²) in [5, 5.41) is 12.1. The Bertz CT molecular complexity index is 1210. The third-order valence-corrected chi connectivity index (χ3v) is 5.16. The number of hydrogen-bond acceptors (Lipinski definition) is 4. The summed E-state index contributed by atoms with van der Waals surface area (Å²) in [5.41, 5.74) is 5.51. The number of amides is 1. The van der Waals surface area contributed by atoms with E-state index in [0.717, 1.165) is 28.1 Å². The normalized spacial score (nSPS) is 10.9. The van der Waals surface area contributed by atoms with Gasteiger partial charge in [-0.1, -0.05) is 58.7 Å². The lowest BCUT2D eigenvalue weighted by atomic mass is 10.1. The van der Waals surface area contributed by atoms with E-state index in [1.807, 2.05) is 74.0 Å². The second-order valence-corrected chi connectivity index (χ2v) is 7.67. The molecule has 2 aromatic carbocycles. The first-order valence-corrected chi connectivity index (χ1v) is 9.92. The van der Waals surface area contributed by atoms with Crippen molar-refractivity contribution in [3.05, 3.63) is 87.8 Å². The van der Waals surface area contributed by atoms with E-state index in [1.54, 1.807) is 6.07 Å². The van der Waals surface area contributed by atoms with Crippen LogP contribution in [0.2, 0.25) is 5.02 Å². The van der Waals surface area contributed by atoms with Crippen molar-refractivity contribution in [1.29, 1.82) is 0 Å². The lowest BCUT2D eigenvalue weighted by Gasteiger charge is -2.07. The standard InChI is InChI=1S/C23H21ClN4O2/c1-14-7-9-18(10-8-14)21-12-20(27-30-21)23(29)25-22-15(2)26-28(16(22)3)13-17-5-4-6-19(24)11-17/h4-12H,13H2,1-3H3,(H,25,29). The van der Waals surface area contributed by atoms with Gasteiger partial charge in [-0.05, 0) is 38.5 Å². The van der Waals surface area contributed by atoms with Crippen LogP contribution in [-0.4, -0.2) is 20.8 Å². The number of rotatable bonds is 5. The Hall–Kier alpha value is -3.38. The van der Waals surface area contributed by atoms with E-state index in [0.29, 0.717) is 23.0 Å². The molecular formula is C23H21ClN4O2. The summed E-state index contributed by atoms with van der Waals surface area (Å²) in [5.74, 6) is 0.205. The largest absolute Gasteiger partial charge is 0.355 e. The number of hydrogen-bond donors (Lipinski definition) is 1. The lowest BCUT2D eigenvalue weighted by Crippen LogP contribution is -2.13. The molecule has 0 bridgehead atoms. The van der Waals surface area contributed by atoms with Crippen LogP contribution in [0.25, 0.3) is 11.3 Å². The van der Waals surface area contributed by atoms with E-state index in [-0.39, 0.29) is 11.6 Å². The molecule has 0 unspecified atom stereocenters. The molecule has 152 valence electrons. The van der Waals surface area contributed by atoms with Gasteiger partial charge >= 0.3 is 0 Å². The molecule has 4 rings (SSSR count). The number of anilines is 1. The smallest absolute Gasteiger partial charge is 0.277 e. The summed E-state index contributed by atoms with van der Waals surface area (Å²) in [4.78, 5) is 12.7. The number of carbonyl (C=O) groups excluding carboxylic acids is 1. The molecule has 2 aromatic heterocycles. The molecule has 0 spiro atoms. The zero-order valence-electron chi connectivity index (χ0n) is 16.9. The van der Waals surface area contributed by atoms with E-state index in [9.17, 15) is 4.79 Å². The van der Waals surface area contributed by atoms with Crippen molar-refractivity contribution in [2.75, 3.05) is 5.32 Å². The van der Waals surface area contributed by atoms with Gasteiger partial charge in [0.1, 0.15) is 0 Å². The van der Waals surface area contributed by atoms with Crippen LogP contribution < -0.4 is 5.32 Å². The average molecular weight is 421 g/mol. The molecule has 0 saturated carbocycles. The Morgan fingerprint density at radius 2 is 1.87 bits per heavy atom. The fourth-order valence-corrected chi connectivity index (χ4v) is 3.47. The van der Waals surface area contributed by atoms with E-state index in [2.05, 4.69) is 15.6 Å². The first-order chi connectivity index (χ1) is 14.4. The monoisotopic (exact) mass is 420 g/mol. The molecule has 0 saturated heterocycles. The van der Waals surface area contributed by atoms with Crippen molar-refractivity contribution in [2.45, 2.75) is 27.3 Å². The van der Waals surface area contributed by atoms with Gasteiger partial charge in [-0.15, -0.1) is 0 Å². The van der Waals surface area contributed by atoms with Gasteiger partial charge in [0.2, 0.25) is 0 Å². The van der Waals surface area contributed by atoms with Gasteiger partial charge in [-0.2, -0.15) is 5.10 Å². The molecule has 0 aliphatic carbocycles. The van der Waals surface area contributed by atoms with E-state index in [4.69, 9.17) is 16.1 Å². The maximum Gasteiger partial charge on any atom is 0.277 e. The van der Waals surface area contributed by atoms with Crippen LogP contribution in [0, 0.1) is 20.8 Å². The Morgan fingerprint density at radius 3 is 2.60 bits per heavy atom. The highest BCUT2D eigenvalue weighted by atomic mass is 35.5. The van der Waals surface area contributed by atoms with Crippen molar-refractivity contribution >= 4 is 23.2 Å². The highest BCUT2D eigenvalue weighted by Gasteiger charge is 2.19. The second kappa shape index (κ2) is 8.16. The van der Waals surface area contributed by atoms with Gasteiger partial charge in [-0.25, -0.2) is 0 Å². The quantitative estimate of drug-likeness (QED) is 0.468. The molecule has 0 atom stereocenters. The summed E-state index contributed by atoms with van der Waals surface area (Å²) in [7, 11) is 0. The fourth-order valence-electron chi connectivity index (χ4n) is 3.25. The molecule has 4 aromatic rings. The Kier molecular flexibility index (Phi) is 5.42. The number of benzene rings is 2. The lowest BCUT2D eigenvalue weighted by molar-refractivity contribution is 0.101. The summed E-state index contributed by atoms with van der Waals surface area (Å²) in [6.45, 7) is 6.35. The predicted molar refractivity (Wildman–Crippen MR) is 117 cm³/mol. The molecule has 0 radical (unpaired) electrons. The predicted octanol–water partition coefficient (Wildman–Crippen LogP) is 5.42. The number of carbonyl (C=O) groups is 1. The fraction of sp³-hybridized carbons (Fsp3) is 0.174. The SMILES string of the molecule is Cc1ccc(-c2cc(C(=O)Nc3c(C)nn(Cc4cccc(Cl)c4)c3C)no2)cc1. The van der Waals surface area contributed by atoms with E-state index in [1.165, 1.54) is 0 Å². The molecule has 7 heteroatoms. The van der Waals surface area contributed by atoms with E-state index < -0.39 is 0 Å². The van der Waals surface area contributed by atoms with Crippen LogP contribution in [0.5, 0.6) is 0 Å². The molecule has 30 heavy (non-hydrogen) atoms. The van der Waals surface area contributed by atoms with Crippen molar-refractivity contribution in [1.82, 2.24) is 14.9 Å². The van der Waals surface area contributed by atoms with Gasteiger partial charge in [-0.3, -0.25) is 9.48 Å². The van der Waals surface area contributed by atoms with Crippen LogP contribution in [0.4, 0.5) is 5.69 Å². The average Bonchev–Trinajstić information content (AvgIpc) is 3.30. The number of aryl methyl sites for hydroxylation is 2. The maximum absolute atomic E-state index is 12.7. The minimum atomic E-state index is -0.342. The molecule has 2 heterocycles. The zero-order valence-corrected chi connectivity index (χ0v) is 17.7. The summed E-state index contributed by atoms with van der Waals surface area (Å²) in [6, 6.07) is 17.1. The first kappa shape index (κ1) is 19.9. The molecule has 0 aliphatic rings. The first-order valence-electron chi connectivity index (χ1n) is 9.54. The van der Waals surface area contributed by atoms with Gasteiger partial charge in [0.15, 0.2) is 11.5 Å². The number of aromatic nitrogens is 3. The Labute approximate surface area is 179 Å². The van der Waals surface area contributed by atoms with Crippen LogP contribution in [0.15, 0.2) is 59.1 Å². The van der Waals surface area contributed by atoms with Crippen molar-refractivity contribution in [3.8, 4) is 11.3 Å². The molecule has 1 amide bonds. The van der Waals surface area contributed by atoms with Crippen molar-refractivity contribution in [3.63, 3.8) is 0 Å². The van der Waals surface area contributed by atoms with Crippen LogP contribution >= 0.6 is 11.6 Å². The topological polar surface area (TPSA) is 73.0 Å². The van der Waals surface area contributed by atoms with E-state index >= 15 is 0 Å². The van der Waals surface area contributed by atoms with Crippen LogP contribution in [0.3, 0.4) is 0 Å². The number of nitrogens with zero attached hydrogens (tertiary/aromatic N) is 3.